The van der Waals surface area contributed by atoms with Crippen molar-refractivity contribution in [2.24, 2.45) is 0 Å². The second kappa shape index (κ2) is 11.7. The fourth-order valence-electron chi connectivity index (χ4n) is 4.41. The summed E-state index contributed by atoms with van der Waals surface area (Å²) in [6.45, 7) is 3.11. The van der Waals surface area contributed by atoms with E-state index in [1.54, 1.807) is 31.2 Å². The van der Waals surface area contributed by atoms with Crippen molar-refractivity contribution >= 4 is 50.2 Å². The third-order valence-electron chi connectivity index (χ3n) is 6.25. The summed E-state index contributed by atoms with van der Waals surface area (Å²) in [6, 6.07) is 21.5. The van der Waals surface area contributed by atoms with E-state index < -0.39 is 21.9 Å². The molecule has 10 nitrogen and oxygen atoms in total. The predicted octanol–water partition coefficient (Wildman–Crippen LogP) is 5.67. The lowest BCUT2D eigenvalue weighted by atomic mass is 10.1. The van der Waals surface area contributed by atoms with Crippen LogP contribution < -0.4 is 9.62 Å². The number of amides is 2. The van der Waals surface area contributed by atoms with E-state index in [-0.39, 0.29) is 45.4 Å². The van der Waals surface area contributed by atoms with Crippen LogP contribution >= 0.6 is 0 Å². The van der Waals surface area contributed by atoms with Gasteiger partial charge in [0.25, 0.3) is 15.9 Å². The third kappa shape index (κ3) is 5.50. The molecule has 0 radical (unpaired) electrons. The Kier molecular flexibility index (Phi) is 7.85. The highest BCUT2D eigenvalue weighted by Crippen LogP contribution is 2.37. The number of nitrogens with one attached hydrogen (secondary N) is 1. The van der Waals surface area contributed by atoms with Crippen molar-refractivity contribution < 1.29 is 32.0 Å². The number of carbonyl (C=O) groups is 3. The quantitative estimate of drug-likeness (QED) is 0.231. The highest BCUT2D eigenvalue weighted by molar-refractivity contribution is 7.93. The predicted molar refractivity (Wildman–Crippen MR) is 157 cm³/mol. The number of hydrogen-bond acceptors (Lipinski definition) is 8. The molecular weight excluding hydrogens is 558 g/mol. The molecular formula is C31H25N3O7S. The van der Waals surface area contributed by atoms with Gasteiger partial charge in [0.1, 0.15) is 16.9 Å². The van der Waals surface area contributed by atoms with Crippen LogP contribution in [0.1, 0.15) is 34.6 Å². The SMILES string of the molecule is CCOC(=O)c1c(-c2ccccc2)oc2ccc(N(C(=O)c3ccncc3)S(=O)(=O)c3ccc(NC(C)=O)cc3)cc12. The highest BCUT2D eigenvalue weighted by atomic mass is 32.2. The minimum absolute atomic E-state index is 0.0267. The summed E-state index contributed by atoms with van der Waals surface area (Å²) in [5.74, 6) is -1.56. The van der Waals surface area contributed by atoms with Crippen LogP contribution in [0, 0.1) is 0 Å². The lowest BCUT2D eigenvalue weighted by Crippen LogP contribution is -2.37. The molecule has 2 heterocycles. The second-order valence-corrected chi connectivity index (χ2v) is 10.9. The molecule has 0 aliphatic rings. The van der Waals surface area contributed by atoms with Crippen LogP contribution in [0.25, 0.3) is 22.3 Å². The van der Waals surface area contributed by atoms with Gasteiger partial charge < -0.3 is 14.5 Å². The fraction of sp³-hybridized carbons (Fsp3) is 0.0968. The van der Waals surface area contributed by atoms with Crippen molar-refractivity contribution in [1.82, 2.24) is 4.98 Å². The Morgan fingerprint density at radius 3 is 2.26 bits per heavy atom. The van der Waals surface area contributed by atoms with E-state index in [0.29, 0.717) is 21.1 Å². The number of esters is 1. The van der Waals surface area contributed by atoms with Crippen molar-refractivity contribution in [3.8, 4) is 11.3 Å². The Bertz CT molecular complexity index is 1890. The smallest absolute Gasteiger partial charge is 0.342 e. The molecule has 0 bridgehead atoms. The molecule has 0 spiro atoms. The molecule has 0 saturated carbocycles. The zero-order valence-electron chi connectivity index (χ0n) is 22.6. The van der Waals surface area contributed by atoms with E-state index in [0.717, 1.165) is 0 Å². The molecule has 5 aromatic rings. The first kappa shape index (κ1) is 28.2. The van der Waals surface area contributed by atoms with Crippen LogP contribution in [0.3, 0.4) is 0 Å². The molecule has 2 amide bonds. The van der Waals surface area contributed by atoms with Crippen LogP contribution in [0.4, 0.5) is 11.4 Å². The Balaban J connectivity index is 1.70. The number of aromatic nitrogens is 1. The van der Waals surface area contributed by atoms with Crippen LogP contribution in [0.2, 0.25) is 0 Å². The Morgan fingerprint density at radius 2 is 1.62 bits per heavy atom. The van der Waals surface area contributed by atoms with Gasteiger partial charge in [-0.05, 0) is 61.5 Å². The Morgan fingerprint density at radius 1 is 0.929 bits per heavy atom. The molecule has 11 heteroatoms. The van der Waals surface area contributed by atoms with Crippen LogP contribution in [-0.2, 0) is 19.6 Å². The fourth-order valence-corrected chi connectivity index (χ4v) is 5.81. The second-order valence-electron chi connectivity index (χ2n) is 9.09. The number of furan rings is 1. The number of pyridine rings is 1. The average molecular weight is 584 g/mol. The zero-order chi connectivity index (χ0) is 29.9. The number of fused-ring (bicyclic) bond motifs is 1. The van der Waals surface area contributed by atoms with Gasteiger partial charge in [0.2, 0.25) is 5.91 Å². The number of anilines is 2. The molecule has 0 aliphatic carbocycles. The maximum atomic E-state index is 14.1. The van der Waals surface area contributed by atoms with Gasteiger partial charge in [0, 0.05) is 41.5 Å². The summed E-state index contributed by atoms with van der Waals surface area (Å²) in [6.07, 6.45) is 2.76. The first-order valence-corrected chi connectivity index (χ1v) is 14.3. The topological polar surface area (TPSA) is 136 Å². The van der Waals surface area contributed by atoms with Gasteiger partial charge in [-0.25, -0.2) is 13.2 Å². The van der Waals surface area contributed by atoms with Crippen LogP contribution in [0.15, 0.2) is 107 Å². The standard InChI is InChI=1S/C31H25N3O7S/c1-3-40-31(37)28-26-19-24(11-14-27(26)41-29(28)21-7-5-4-6-8-21)34(30(36)22-15-17-32-18-16-22)42(38,39)25-12-9-23(10-13-25)33-20(2)35/h4-19H,3H2,1-2H3,(H,33,35). The Hall–Kier alpha value is -5.29. The van der Waals surface area contributed by atoms with E-state index in [9.17, 15) is 22.8 Å². The molecule has 0 fully saturated rings. The molecule has 3 aromatic carbocycles. The number of hydrogen-bond donors (Lipinski definition) is 1. The highest BCUT2D eigenvalue weighted by Gasteiger charge is 2.33. The third-order valence-corrected chi connectivity index (χ3v) is 7.97. The molecule has 212 valence electrons. The number of nitrogens with zero attached hydrogens (tertiary/aromatic N) is 2. The molecule has 0 aliphatic heterocycles. The van der Waals surface area contributed by atoms with Crippen molar-refractivity contribution in [2.75, 3.05) is 16.2 Å². The molecule has 2 aromatic heterocycles. The van der Waals surface area contributed by atoms with E-state index >= 15 is 0 Å². The number of rotatable bonds is 8. The van der Waals surface area contributed by atoms with Crippen molar-refractivity contribution in [3.05, 3.63) is 108 Å². The maximum Gasteiger partial charge on any atom is 0.342 e. The maximum absolute atomic E-state index is 14.1. The van der Waals surface area contributed by atoms with E-state index in [1.807, 2.05) is 6.07 Å². The van der Waals surface area contributed by atoms with Gasteiger partial charge in [-0.2, -0.15) is 4.31 Å². The average Bonchev–Trinajstić information content (AvgIpc) is 3.37. The summed E-state index contributed by atoms with van der Waals surface area (Å²) >= 11 is 0. The lowest BCUT2D eigenvalue weighted by Gasteiger charge is -2.23. The number of benzene rings is 3. The van der Waals surface area contributed by atoms with Gasteiger partial charge in [0.15, 0.2) is 0 Å². The lowest BCUT2D eigenvalue weighted by molar-refractivity contribution is -0.114. The summed E-state index contributed by atoms with van der Waals surface area (Å²) in [4.78, 5) is 42.1. The van der Waals surface area contributed by atoms with E-state index in [2.05, 4.69) is 10.3 Å². The van der Waals surface area contributed by atoms with E-state index in [1.165, 1.54) is 73.9 Å². The minimum atomic E-state index is -4.50. The molecule has 1 N–H and O–H groups in total. The van der Waals surface area contributed by atoms with Gasteiger partial charge in [0.05, 0.1) is 17.2 Å². The largest absolute Gasteiger partial charge is 0.462 e. The summed E-state index contributed by atoms with van der Waals surface area (Å²) in [5.41, 5.74) is 1.46. The molecule has 42 heavy (non-hydrogen) atoms. The zero-order valence-corrected chi connectivity index (χ0v) is 23.4. The van der Waals surface area contributed by atoms with Crippen LogP contribution in [-0.4, -0.2) is 37.8 Å². The molecule has 0 unspecified atom stereocenters. The van der Waals surface area contributed by atoms with Crippen molar-refractivity contribution in [2.45, 2.75) is 18.7 Å². The van der Waals surface area contributed by atoms with E-state index in [4.69, 9.17) is 9.15 Å². The molecule has 0 atom stereocenters. The molecule has 0 saturated heterocycles. The summed E-state index contributed by atoms with van der Waals surface area (Å²) in [7, 11) is -4.50. The minimum Gasteiger partial charge on any atom is -0.462 e. The number of carbonyl (C=O) groups excluding carboxylic acids is 3. The summed E-state index contributed by atoms with van der Waals surface area (Å²) < 4.78 is 40.1. The van der Waals surface area contributed by atoms with Gasteiger partial charge in [-0.3, -0.25) is 14.6 Å². The summed E-state index contributed by atoms with van der Waals surface area (Å²) in [5, 5.41) is 2.85. The number of sulfonamides is 1. The molecule has 5 rings (SSSR count). The first-order valence-electron chi connectivity index (χ1n) is 12.9. The normalized spacial score (nSPS) is 11.2. The van der Waals surface area contributed by atoms with Crippen molar-refractivity contribution in [1.29, 1.82) is 0 Å². The van der Waals surface area contributed by atoms with Crippen molar-refractivity contribution in [3.63, 3.8) is 0 Å². The first-order chi connectivity index (χ1) is 20.2. The van der Waals surface area contributed by atoms with Gasteiger partial charge >= 0.3 is 5.97 Å². The van der Waals surface area contributed by atoms with Gasteiger partial charge in [-0.1, -0.05) is 30.3 Å². The monoisotopic (exact) mass is 583 g/mol. The van der Waals surface area contributed by atoms with Gasteiger partial charge in [-0.15, -0.1) is 0 Å². The Labute approximate surface area is 241 Å². The number of ether oxygens (including phenoxy) is 1. The van der Waals surface area contributed by atoms with Crippen LogP contribution in [0.5, 0.6) is 0 Å².